The van der Waals surface area contributed by atoms with Gasteiger partial charge in [0.05, 0.1) is 12.0 Å². The van der Waals surface area contributed by atoms with Gasteiger partial charge in [-0.15, -0.1) is 0 Å². The van der Waals surface area contributed by atoms with Crippen LogP contribution in [0.2, 0.25) is 0 Å². The molecule has 0 aliphatic heterocycles. The lowest BCUT2D eigenvalue weighted by Gasteiger charge is -2.18. The average molecular weight is 525 g/mol. The van der Waals surface area contributed by atoms with Gasteiger partial charge in [-0.05, 0) is 37.3 Å². The number of hydrogen-bond acceptors (Lipinski definition) is 7. The Labute approximate surface area is 214 Å². The maximum atomic E-state index is 15.3. The number of nitrogens with zero attached hydrogens (tertiary/aromatic N) is 6. The van der Waals surface area contributed by atoms with Gasteiger partial charge in [-0.2, -0.15) is 5.10 Å². The van der Waals surface area contributed by atoms with E-state index in [2.05, 4.69) is 25.4 Å². The lowest BCUT2D eigenvalue weighted by atomic mass is 10.1. The molecule has 0 saturated heterocycles. The molecule has 1 N–H and O–H groups in total. The second kappa shape index (κ2) is 10.7. The Balaban J connectivity index is 1.68. The van der Waals surface area contributed by atoms with Crippen molar-refractivity contribution >= 4 is 40.8 Å². The van der Waals surface area contributed by atoms with Gasteiger partial charge in [0, 0.05) is 38.3 Å². The Morgan fingerprint density at radius 2 is 1.82 bits per heavy atom. The molecule has 0 radical (unpaired) electrons. The average Bonchev–Trinajstić information content (AvgIpc) is 3.17. The quantitative estimate of drug-likeness (QED) is 0.220. The molecule has 4 aromatic rings. The number of carbonyl (C=O) groups excluding carboxylic acids is 2. The highest BCUT2D eigenvalue weighted by molar-refractivity contribution is 5.96. The van der Waals surface area contributed by atoms with Crippen LogP contribution in [0.1, 0.15) is 24.3 Å². The Kier molecular flexibility index (Phi) is 7.37. The van der Waals surface area contributed by atoms with E-state index in [-0.39, 0.29) is 22.8 Å². The van der Waals surface area contributed by atoms with E-state index in [1.807, 2.05) is 0 Å². The summed E-state index contributed by atoms with van der Waals surface area (Å²) in [5, 5.41) is 6.79. The number of nitrogens with one attached hydrogen (secondary N) is 1. The smallest absolute Gasteiger partial charge is 0.303 e. The molecule has 0 bridgehead atoms. The molecular formula is C25H22F3N7O3. The van der Waals surface area contributed by atoms with Gasteiger partial charge in [-0.1, -0.05) is 0 Å². The lowest BCUT2D eigenvalue weighted by Crippen LogP contribution is -2.25. The summed E-state index contributed by atoms with van der Waals surface area (Å²) in [5.41, 5.74) is 1.18. The number of aryl methyl sites for hydroxylation is 1. The molecule has 10 nitrogen and oxygen atoms in total. The van der Waals surface area contributed by atoms with Crippen molar-refractivity contribution in [3.8, 4) is 5.69 Å². The topological polar surface area (TPSA) is 115 Å². The fraction of sp³-hybridized carbons (Fsp3) is 0.200. The van der Waals surface area contributed by atoms with Crippen LogP contribution >= 0.6 is 0 Å². The summed E-state index contributed by atoms with van der Waals surface area (Å²) < 4.78 is 49.0. The van der Waals surface area contributed by atoms with Crippen LogP contribution in [0.4, 0.5) is 24.7 Å². The zero-order chi connectivity index (χ0) is 27.6. The van der Waals surface area contributed by atoms with E-state index in [4.69, 9.17) is 4.74 Å². The minimum Gasteiger partial charge on any atom is -0.447 e. The number of esters is 1. The fourth-order valence-electron chi connectivity index (χ4n) is 3.65. The van der Waals surface area contributed by atoms with E-state index in [0.29, 0.717) is 22.8 Å². The first-order valence-electron chi connectivity index (χ1n) is 11.2. The predicted octanol–water partition coefficient (Wildman–Crippen LogP) is 4.01. The summed E-state index contributed by atoms with van der Waals surface area (Å²) in [7, 11) is 3.57. The number of rotatable bonds is 7. The van der Waals surface area contributed by atoms with Crippen molar-refractivity contribution in [2.24, 2.45) is 4.99 Å². The molecule has 1 amide bonds. The molecule has 1 atom stereocenters. The highest BCUT2D eigenvalue weighted by atomic mass is 19.1. The third kappa shape index (κ3) is 5.61. The van der Waals surface area contributed by atoms with E-state index in [0.717, 1.165) is 25.1 Å². The molecule has 1 unspecified atom stereocenters. The van der Waals surface area contributed by atoms with Crippen LogP contribution in [-0.2, 0) is 14.3 Å². The maximum Gasteiger partial charge on any atom is 0.303 e. The normalized spacial score (nSPS) is 12.1. The number of fused-ring (bicyclic) bond motifs is 1. The SMILES string of the molecule is CC(=O)OC(C(=O)Nc1ccc(-n2nc(C)c3ncnc(/N=C/N(C)C)c32)c(F)c1)c1cc(F)cc(F)c1. The first-order chi connectivity index (χ1) is 18.0. The van der Waals surface area contributed by atoms with Crippen LogP contribution < -0.4 is 5.32 Å². The molecular weight excluding hydrogens is 503 g/mol. The van der Waals surface area contributed by atoms with Gasteiger partial charge in [-0.25, -0.2) is 32.8 Å². The van der Waals surface area contributed by atoms with Crippen molar-refractivity contribution in [2.45, 2.75) is 20.0 Å². The first-order valence-corrected chi connectivity index (χ1v) is 11.2. The summed E-state index contributed by atoms with van der Waals surface area (Å²) in [6.07, 6.45) is 1.20. The van der Waals surface area contributed by atoms with Crippen LogP contribution in [0.3, 0.4) is 0 Å². The molecule has 2 aromatic heterocycles. The van der Waals surface area contributed by atoms with Gasteiger partial charge < -0.3 is 15.0 Å². The number of amides is 1. The van der Waals surface area contributed by atoms with Crippen molar-refractivity contribution < 1.29 is 27.5 Å². The van der Waals surface area contributed by atoms with Crippen molar-refractivity contribution in [3.63, 3.8) is 0 Å². The number of benzene rings is 2. The predicted molar refractivity (Wildman–Crippen MR) is 133 cm³/mol. The number of aliphatic imine (C=N–C) groups is 1. The van der Waals surface area contributed by atoms with Crippen molar-refractivity contribution in [1.82, 2.24) is 24.6 Å². The van der Waals surface area contributed by atoms with Crippen molar-refractivity contribution in [1.29, 1.82) is 0 Å². The second-order valence-electron chi connectivity index (χ2n) is 8.45. The van der Waals surface area contributed by atoms with Crippen molar-refractivity contribution in [2.75, 3.05) is 19.4 Å². The van der Waals surface area contributed by atoms with E-state index in [9.17, 15) is 18.4 Å². The Morgan fingerprint density at radius 1 is 1.11 bits per heavy atom. The molecule has 13 heteroatoms. The van der Waals surface area contributed by atoms with Crippen molar-refractivity contribution in [3.05, 3.63) is 71.4 Å². The number of ether oxygens (including phenoxy) is 1. The van der Waals surface area contributed by atoms with Crippen LogP contribution in [0.25, 0.3) is 16.7 Å². The minimum atomic E-state index is -1.67. The Hall–Kier alpha value is -4.81. The van der Waals surface area contributed by atoms with E-state index in [1.54, 1.807) is 25.9 Å². The van der Waals surface area contributed by atoms with Gasteiger partial charge in [-0.3, -0.25) is 9.59 Å². The van der Waals surface area contributed by atoms with Crippen LogP contribution in [0.15, 0.2) is 47.7 Å². The van der Waals surface area contributed by atoms with Crippen LogP contribution in [-0.4, -0.2) is 57.0 Å². The summed E-state index contributed by atoms with van der Waals surface area (Å²) in [6.45, 7) is 2.75. The van der Waals surface area contributed by atoms with Gasteiger partial charge in [0.2, 0.25) is 6.10 Å². The van der Waals surface area contributed by atoms with Gasteiger partial charge in [0.25, 0.3) is 5.91 Å². The number of hydrogen-bond donors (Lipinski definition) is 1. The Bertz CT molecular complexity index is 1550. The second-order valence-corrected chi connectivity index (χ2v) is 8.45. The highest BCUT2D eigenvalue weighted by Gasteiger charge is 2.26. The molecule has 0 spiro atoms. The molecule has 4 rings (SSSR count). The largest absolute Gasteiger partial charge is 0.447 e. The minimum absolute atomic E-state index is 0.000521. The summed E-state index contributed by atoms with van der Waals surface area (Å²) >= 11 is 0. The molecule has 2 heterocycles. The van der Waals surface area contributed by atoms with E-state index < -0.39 is 35.4 Å². The number of anilines is 1. The van der Waals surface area contributed by atoms with Gasteiger partial charge >= 0.3 is 5.97 Å². The van der Waals surface area contributed by atoms with E-state index >= 15 is 4.39 Å². The standard InChI is InChI=1S/C25H22F3N7O3/c1-13-21-22(24(30-11-29-21)31-12-34(3)4)35(33-13)20-6-5-18(10-19(20)28)32-25(37)23(38-14(2)36)15-7-16(26)9-17(27)8-15/h5-12,23H,1-4H3,(H,32,37)/b31-12+. The zero-order valence-corrected chi connectivity index (χ0v) is 20.7. The third-order valence-corrected chi connectivity index (χ3v) is 5.17. The molecule has 0 saturated carbocycles. The maximum absolute atomic E-state index is 15.3. The Morgan fingerprint density at radius 3 is 2.45 bits per heavy atom. The first kappa shape index (κ1) is 26.3. The third-order valence-electron chi connectivity index (χ3n) is 5.17. The summed E-state index contributed by atoms with van der Waals surface area (Å²) in [4.78, 5) is 38.9. The van der Waals surface area contributed by atoms with Gasteiger partial charge in [0.15, 0.2) is 11.6 Å². The molecule has 0 aliphatic rings. The number of halogens is 3. The van der Waals surface area contributed by atoms with Crippen LogP contribution in [0.5, 0.6) is 0 Å². The monoisotopic (exact) mass is 525 g/mol. The zero-order valence-electron chi connectivity index (χ0n) is 20.7. The highest BCUT2D eigenvalue weighted by Crippen LogP contribution is 2.29. The van der Waals surface area contributed by atoms with E-state index in [1.165, 1.54) is 29.5 Å². The molecule has 2 aromatic carbocycles. The number of carbonyl (C=O) groups is 2. The lowest BCUT2D eigenvalue weighted by molar-refractivity contribution is -0.152. The van der Waals surface area contributed by atoms with Gasteiger partial charge in [0.1, 0.15) is 34.7 Å². The molecule has 0 aliphatic carbocycles. The molecule has 0 fully saturated rings. The molecule has 196 valence electrons. The molecule has 38 heavy (non-hydrogen) atoms. The summed E-state index contributed by atoms with van der Waals surface area (Å²) in [6, 6.07) is 6.13. The van der Waals surface area contributed by atoms with Crippen LogP contribution in [0, 0.1) is 24.4 Å². The number of aromatic nitrogens is 4. The summed E-state index contributed by atoms with van der Waals surface area (Å²) in [5.74, 6) is -4.20. The fourth-order valence-corrected chi connectivity index (χ4v) is 3.65.